The number of carbonyl (C=O) groups is 1. The van der Waals surface area contributed by atoms with Crippen LogP contribution in [0.5, 0.6) is 0 Å². The van der Waals surface area contributed by atoms with E-state index in [4.69, 9.17) is 0 Å². The normalized spacial score (nSPS) is 11.4. The highest BCUT2D eigenvalue weighted by Crippen LogP contribution is 2.28. The van der Waals surface area contributed by atoms with Crippen LogP contribution in [-0.2, 0) is 17.4 Å². The summed E-state index contributed by atoms with van der Waals surface area (Å²) in [6, 6.07) is 7.29. The highest BCUT2D eigenvalue weighted by Gasteiger charge is 2.33. The van der Waals surface area contributed by atoms with Gasteiger partial charge in [-0.3, -0.25) is 10.1 Å². The van der Waals surface area contributed by atoms with E-state index in [1.54, 1.807) is 12.1 Å². The first-order valence-electron chi connectivity index (χ1n) is 5.83. The Bertz CT molecular complexity index is 619. The predicted molar refractivity (Wildman–Crippen MR) is 67.1 cm³/mol. The number of carbonyl (C=O) groups excluding carboxylic acids is 1. The Hall–Kier alpha value is -2.31. The van der Waals surface area contributed by atoms with Crippen LogP contribution in [0.15, 0.2) is 30.5 Å². The van der Waals surface area contributed by atoms with Crippen molar-refractivity contribution in [2.24, 2.45) is 0 Å². The van der Waals surface area contributed by atoms with Gasteiger partial charge in [0.05, 0.1) is 12.6 Å². The van der Waals surface area contributed by atoms with Crippen LogP contribution < -0.4 is 5.32 Å². The van der Waals surface area contributed by atoms with Gasteiger partial charge in [0, 0.05) is 0 Å². The summed E-state index contributed by atoms with van der Waals surface area (Å²) in [5.74, 6) is -0.640. The number of anilines is 1. The maximum absolute atomic E-state index is 12.4. The lowest BCUT2D eigenvalue weighted by molar-refractivity contribution is -0.140. The van der Waals surface area contributed by atoms with Crippen LogP contribution in [0.1, 0.15) is 16.8 Å². The number of nitrogens with zero attached hydrogens (tertiary/aromatic N) is 1. The standard InChI is InChI=1S/C13H12F3N3O/c1-8-4-2-3-5-9(8)6-11(20)19-12-17-7-10(18-12)13(14,15)16/h2-5,7H,6H2,1H3,(H2,17,18,19,20). The molecule has 0 bridgehead atoms. The lowest BCUT2D eigenvalue weighted by Crippen LogP contribution is -2.16. The van der Waals surface area contributed by atoms with Crippen LogP contribution in [0.2, 0.25) is 0 Å². The summed E-state index contributed by atoms with van der Waals surface area (Å²) in [5, 5.41) is 2.30. The minimum Gasteiger partial charge on any atom is -0.320 e. The van der Waals surface area contributed by atoms with E-state index in [0.717, 1.165) is 11.1 Å². The Labute approximate surface area is 113 Å². The molecular formula is C13H12F3N3O. The van der Waals surface area contributed by atoms with Crippen molar-refractivity contribution in [1.29, 1.82) is 0 Å². The summed E-state index contributed by atoms with van der Waals surface area (Å²) in [6.07, 6.45) is -3.79. The van der Waals surface area contributed by atoms with E-state index in [1.165, 1.54) is 0 Å². The number of imidazole rings is 1. The van der Waals surface area contributed by atoms with Crippen LogP contribution in [-0.4, -0.2) is 15.9 Å². The molecule has 1 heterocycles. The second-order valence-corrected chi connectivity index (χ2v) is 4.29. The third kappa shape index (κ3) is 3.37. The summed E-state index contributed by atoms with van der Waals surface area (Å²) >= 11 is 0. The Balaban J connectivity index is 2.02. The Morgan fingerprint density at radius 3 is 2.65 bits per heavy atom. The monoisotopic (exact) mass is 283 g/mol. The van der Waals surface area contributed by atoms with Crippen molar-refractivity contribution >= 4 is 11.9 Å². The first kappa shape index (κ1) is 14.1. The zero-order chi connectivity index (χ0) is 14.8. The number of H-pyrrole nitrogens is 1. The third-order valence-electron chi connectivity index (χ3n) is 2.75. The molecule has 0 fully saturated rings. The van der Waals surface area contributed by atoms with Gasteiger partial charge in [0.25, 0.3) is 0 Å². The highest BCUT2D eigenvalue weighted by atomic mass is 19.4. The van der Waals surface area contributed by atoms with Gasteiger partial charge in [-0.2, -0.15) is 13.2 Å². The fourth-order valence-corrected chi connectivity index (χ4v) is 1.69. The minimum atomic E-state index is -4.51. The SMILES string of the molecule is Cc1ccccc1CC(=O)Nc1ncc(C(F)(F)F)[nH]1. The molecule has 2 N–H and O–H groups in total. The largest absolute Gasteiger partial charge is 0.432 e. The van der Waals surface area contributed by atoms with Crippen LogP contribution in [0.3, 0.4) is 0 Å². The van der Waals surface area contributed by atoms with Gasteiger partial charge < -0.3 is 4.98 Å². The predicted octanol–water partition coefficient (Wildman–Crippen LogP) is 2.92. The number of aromatic nitrogens is 2. The average Bonchev–Trinajstić information content (AvgIpc) is 2.80. The summed E-state index contributed by atoms with van der Waals surface area (Å²) in [6.45, 7) is 1.86. The van der Waals surface area contributed by atoms with Crippen LogP contribution in [0, 0.1) is 6.92 Å². The molecule has 0 aliphatic heterocycles. The van der Waals surface area contributed by atoms with Gasteiger partial charge in [0.1, 0.15) is 5.69 Å². The van der Waals surface area contributed by atoms with E-state index >= 15 is 0 Å². The second-order valence-electron chi connectivity index (χ2n) is 4.29. The molecular weight excluding hydrogens is 271 g/mol. The van der Waals surface area contributed by atoms with Crippen LogP contribution >= 0.6 is 0 Å². The number of hydrogen-bond donors (Lipinski definition) is 2. The molecule has 4 nitrogen and oxygen atoms in total. The van der Waals surface area contributed by atoms with Crippen LogP contribution in [0.4, 0.5) is 19.1 Å². The number of benzene rings is 1. The number of rotatable bonds is 3. The smallest absolute Gasteiger partial charge is 0.320 e. The van der Waals surface area contributed by atoms with Gasteiger partial charge in [-0.1, -0.05) is 24.3 Å². The molecule has 0 unspecified atom stereocenters. The van der Waals surface area contributed by atoms with Gasteiger partial charge in [-0.15, -0.1) is 0 Å². The topological polar surface area (TPSA) is 57.8 Å². The van der Waals surface area contributed by atoms with Crippen molar-refractivity contribution in [2.75, 3.05) is 5.32 Å². The molecule has 1 aromatic heterocycles. The quantitative estimate of drug-likeness (QED) is 0.910. The van der Waals surface area contributed by atoms with Crippen molar-refractivity contribution in [2.45, 2.75) is 19.5 Å². The van der Waals surface area contributed by atoms with Gasteiger partial charge >= 0.3 is 6.18 Å². The summed E-state index contributed by atoms with van der Waals surface area (Å²) in [5.41, 5.74) is 0.759. The fourth-order valence-electron chi connectivity index (χ4n) is 1.69. The highest BCUT2D eigenvalue weighted by molar-refractivity contribution is 5.90. The number of halogens is 3. The van der Waals surface area contributed by atoms with Crippen molar-refractivity contribution in [3.63, 3.8) is 0 Å². The second kappa shape index (κ2) is 5.36. The maximum Gasteiger partial charge on any atom is 0.432 e. The summed E-state index contributed by atoms with van der Waals surface area (Å²) < 4.78 is 37.1. The Morgan fingerprint density at radius 2 is 2.05 bits per heavy atom. The van der Waals surface area contributed by atoms with Gasteiger partial charge in [-0.25, -0.2) is 4.98 Å². The zero-order valence-electron chi connectivity index (χ0n) is 10.6. The third-order valence-corrected chi connectivity index (χ3v) is 2.75. The number of aromatic amines is 1. The summed E-state index contributed by atoms with van der Waals surface area (Å²) in [4.78, 5) is 17.2. The number of aryl methyl sites for hydroxylation is 1. The van der Waals surface area contributed by atoms with E-state index in [2.05, 4.69) is 10.3 Å². The molecule has 1 aromatic carbocycles. The molecule has 106 valence electrons. The van der Waals surface area contributed by atoms with Gasteiger partial charge in [0.15, 0.2) is 0 Å². The van der Waals surface area contributed by atoms with Gasteiger partial charge in [0.2, 0.25) is 11.9 Å². The van der Waals surface area contributed by atoms with E-state index < -0.39 is 17.8 Å². The van der Waals surface area contributed by atoms with E-state index in [-0.39, 0.29) is 12.4 Å². The van der Waals surface area contributed by atoms with Crippen molar-refractivity contribution in [3.05, 3.63) is 47.3 Å². The molecule has 2 rings (SSSR count). The molecule has 2 aromatic rings. The molecule has 7 heteroatoms. The number of hydrogen-bond acceptors (Lipinski definition) is 2. The lowest BCUT2D eigenvalue weighted by atomic mass is 10.1. The Kier molecular flexibility index (Phi) is 3.78. The zero-order valence-corrected chi connectivity index (χ0v) is 10.6. The first-order valence-corrected chi connectivity index (χ1v) is 5.83. The van der Waals surface area contributed by atoms with E-state index in [1.807, 2.05) is 24.0 Å². The molecule has 0 spiro atoms. The first-order chi connectivity index (χ1) is 9.36. The molecule has 0 saturated heterocycles. The molecule has 1 amide bonds. The number of alkyl halides is 3. The average molecular weight is 283 g/mol. The molecule has 0 aliphatic carbocycles. The molecule has 0 aliphatic rings. The minimum absolute atomic E-state index is 0.0781. The van der Waals surface area contributed by atoms with E-state index in [9.17, 15) is 18.0 Å². The molecule has 20 heavy (non-hydrogen) atoms. The van der Waals surface area contributed by atoms with E-state index in [0.29, 0.717) is 6.20 Å². The Morgan fingerprint density at radius 1 is 1.35 bits per heavy atom. The maximum atomic E-state index is 12.4. The van der Waals surface area contributed by atoms with Crippen molar-refractivity contribution in [1.82, 2.24) is 9.97 Å². The number of amides is 1. The van der Waals surface area contributed by atoms with Gasteiger partial charge in [-0.05, 0) is 18.1 Å². The fraction of sp³-hybridized carbons (Fsp3) is 0.231. The van der Waals surface area contributed by atoms with Crippen molar-refractivity contribution < 1.29 is 18.0 Å². The number of nitrogens with one attached hydrogen (secondary N) is 2. The molecule has 0 saturated carbocycles. The lowest BCUT2D eigenvalue weighted by Gasteiger charge is -2.05. The summed E-state index contributed by atoms with van der Waals surface area (Å²) in [7, 11) is 0. The molecule has 0 radical (unpaired) electrons. The van der Waals surface area contributed by atoms with Crippen molar-refractivity contribution in [3.8, 4) is 0 Å². The van der Waals surface area contributed by atoms with Crippen LogP contribution in [0.25, 0.3) is 0 Å². The molecule has 0 atom stereocenters.